The number of nitrogens with zero attached hydrogens (tertiary/aromatic N) is 1. The molecule has 1 saturated carbocycles. The molecule has 4 nitrogen and oxygen atoms in total. The van der Waals surface area contributed by atoms with Crippen LogP contribution in [0.5, 0.6) is 11.8 Å². The van der Waals surface area contributed by atoms with Crippen molar-refractivity contribution >= 4 is 5.69 Å². The van der Waals surface area contributed by atoms with Gasteiger partial charge in [0.2, 0.25) is 5.88 Å². The molecule has 4 heteroatoms. The maximum atomic E-state index is 9.98. The van der Waals surface area contributed by atoms with Gasteiger partial charge in [-0.25, -0.2) is 0 Å². The number of hydrogen-bond donors (Lipinski definition) is 3. The van der Waals surface area contributed by atoms with E-state index in [2.05, 4.69) is 17.4 Å². The molecule has 2 unspecified atom stereocenters. The molecule has 3 N–H and O–H groups in total. The zero-order valence-corrected chi connectivity index (χ0v) is 10.9. The Kier molecular flexibility index (Phi) is 2.85. The summed E-state index contributed by atoms with van der Waals surface area (Å²) in [6.45, 7) is 2.43. The van der Waals surface area contributed by atoms with Crippen LogP contribution in [0.2, 0.25) is 0 Å². The highest BCUT2D eigenvalue weighted by atomic mass is 16.3. The topological polar surface area (TPSA) is 57.4 Å². The fourth-order valence-electron chi connectivity index (χ4n) is 2.57. The van der Waals surface area contributed by atoms with Crippen molar-refractivity contribution in [2.24, 2.45) is 0 Å². The lowest BCUT2D eigenvalue weighted by Crippen LogP contribution is -2.03. The van der Waals surface area contributed by atoms with Crippen molar-refractivity contribution in [3.05, 3.63) is 42.0 Å². The first kappa shape index (κ1) is 12.0. The van der Waals surface area contributed by atoms with E-state index in [0.29, 0.717) is 24.2 Å². The van der Waals surface area contributed by atoms with Gasteiger partial charge < -0.3 is 15.5 Å². The highest BCUT2D eigenvalue weighted by molar-refractivity contribution is 5.59. The van der Waals surface area contributed by atoms with E-state index >= 15 is 0 Å². The Balaban J connectivity index is 1.71. The monoisotopic (exact) mass is 258 g/mol. The number of aromatic nitrogens is 1. The fraction of sp³-hybridized carbons (Fsp3) is 0.333. The third-order valence-corrected chi connectivity index (χ3v) is 3.72. The Morgan fingerprint density at radius 1 is 1.26 bits per heavy atom. The number of benzene rings is 1. The van der Waals surface area contributed by atoms with E-state index in [1.165, 1.54) is 10.1 Å². The van der Waals surface area contributed by atoms with E-state index in [4.69, 9.17) is 0 Å². The lowest BCUT2D eigenvalue weighted by atomic mass is 10.1. The largest absolute Gasteiger partial charge is 0.494 e. The van der Waals surface area contributed by atoms with Gasteiger partial charge in [0.15, 0.2) is 5.88 Å². The normalized spacial score (nSPS) is 21.3. The van der Waals surface area contributed by atoms with Crippen molar-refractivity contribution in [1.82, 2.24) is 4.57 Å². The molecule has 2 atom stereocenters. The molecule has 3 rings (SSSR count). The Morgan fingerprint density at radius 2 is 2.00 bits per heavy atom. The molecule has 1 aromatic heterocycles. The van der Waals surface area contributed by atoms with Crippen LogP contribution in [0.25, 0.3) is 0 Å². The predicted octanol–water partition coefficient (Wildman–Crippen LogP) is 2.89. The van der Waals surface area contributed by atoms with E-state index in [-0.39, 0.29) is 11.8 Å². The first-order valence-electron chi connectivity index (χ1n) is 6.63. The van der Waals surface area contributed by atoms with Gasteiger partial charge in [0.05, 0.1) is 0 Å². The first-order valence-corrected chi connectivity index (χ1v) is 6.63. The molecular formula is C15H18N2O2. The molecule has 0 saturated heterocycles. The van der Waals surface area contributed by atoms with Crippen LogP contribution in [0.1, 0.15) is 24.8 Å². The molecule has 0 bridgehead atoms. The van der Waals surface area contributed by atoms with Crippen LogP contribution in [0.15, 0.2) is 36.4 Å². The summed E-state index contributed by atoms with van der Waals surface area (Å²) < 4.78 is 1.47. The minimum atomic E-state index is 0.0967. The van der Waals surface area contributed by atoms with E-state index in [0.717, 1.165) is 6.42 Å². The minimum Gasteiger partial charge on any atom is -0.494 e. The minimum absolute atomic E-state index is 0.0967. The van der Waals surface area contributed by atoms with Crippen molar-refractivity contribution in [2.45, 2.75) is 31.8 Å². The molecule has 19 heavy (non-hydrogen) atoms. The summed E-state index contributed by atoms with van der Waals surface area (Å²) in [5.74, 6) is 0.700. The van der Waals surface area contributed by atoms with E-state index in [1.54, 1.807) is 6.07 Å². The molecule has 0 radical (unpaired) electrons. The zero-order valence-electron chi connectivity index (χ0n) is 10.9. The van der Waals surface area contributed by atoms with Crippen LogP contribution < -0.4 is 5.32 Å². The van der Waals surface area contributed by atoms with E-state index in [9.17, 15) is 10.2 Å². The van der Waals surface area contributed by atoms with Crippen LogP contribution in [0.4, 0.5) is 5.69 Å². The van der Waals surface area contributed by atoms with Gasteiger partial charge >= 0.3 is 0 Å². The van der Waals surface area contributed by atoms with Crippen LogP contribution in [-0.4, -0.2) is 20.8 Å². The van der Waals surface area contributed by atoms with Crippen molar-refractivity contribution < 1.29 is 10.2 Å². The molecule has 2 aromatic rings. The third-order valence-electron chi connectivity index (χ3n) is 3.72. The number of hydrogen-bond acceptors (Lipinski definition) is 3. The van der Waals surface area contributed by atoms with Gasteiger partial charge in [0.25, 0.3) is 0 Å². The molecule has 0 aliphatic heterocycles. The van der Waals surface area contributed by atoms with Gasteiger partial charge in [-0.05, 0) is 18.9 Å². The molecule has 100 valence electrons. The second kappa shape index (κ2) is 4.53. The lowest BCUT2D eigenvalue weighted by molar-refractivity contribution is 0.374. The van der Waals surface area contributed by atoms with Crippen LogP contribution in [0.3, 0.4) is 0 Å². The average Bonchev–Trinajstić information content (AvgIpc) is 3.13. The standard InChI is InChI=1S/C15H18N2O2/c1-2-17-14(18)9-13(15(17)19)16-12-8-11(12)10-6-4-3-5-7-10/h3-7,9,11-12,16,18-19H,2,8H2,1H3. The number of aromatic hydroxyl groups is 2. The molecule has 1 aromatic carbocycles. The van der Waals surface area contributed by atoms with Crippen molar-refractivity contribution in [1.29, 1.82) is 0 Å². The maximum Gasteiger partial charge on any atom is 0.218 e. The summed E-state index contributed by atoms with van der Waals surface area (Å²) >= 11 is 0. The fourth-order valence-corrected chi connectivity index (χ4v) is 2.57. The lowest BCUT2D eigenvalue weighted by Gasteiger charge is -2.06. The van der Waals surface area contributed by atoms with Gasteiger partial charge in [-0.1, -0.05) is 30.3 Å². The van der Waals surface area contributed by atoms with Gasteiger partial charge in [-0.15, -0.1) is 0 Å². The molecule has 1 aliphatic carbocycles. The van der Waals surface area contributed by atoms with Gasteiger partial charge in [-0.2, -0.15) is 0 Å². The summed E-state index contributed by atoms with van der Waals surface area (Å²) in [4.78, 5) is 0. The SMILES string of the molecule is CCn1c(O)cc(NC2CC2c2ccccc2)c1O. The van der Waals surface area contributed by atoms with Gasteiger partial charge in [-0.3, -0.25) is 4.57 Å². The average molecular weight is 258 g/mol. The zero-order chi connectivity index (χ0) is 13.4. The summed E-state index contributed by atoms with van der Waals surface area (Å²) in [7, 11) is 0. The van der Waals surface area contributed by atoms with E-state index in [1.807, 2.05) is 25.1 Å². The second-order valence-corrected chi connectivity index (χ2v) is 4.99. The summed E-state index contributed by atoms with van der Waals surface area (Å²) in [6, 6.07) is 12.3. The van der Waals surface area contributed by atoms with Gasteiger partial charge in [0.1, 0.15) is 5.69 Å². The quantitative estimate of drug-likeness (QED) is 0.790. The first-order chi connectivity index (χ1) is 9.20. The second-order valence-electron chi connectivity index (χ2n) is 4.99. The Labute approximate surface area is 112 Å². The van der Waals surface area contributed by atoms with Crippen LogP contribution in [-0.2, 0) is 6.54 Å². The number of rotatable bonds is 4. The summed E-state index contributed by atoms with van der Waals surface area (Å²) in [5, 5.41) is 23.0. The Bertz CT molecular complexity index is 577. The highest BCUT2D eigenvalue weighted by Crippen LogP contribution is 2.44. The van der Waals surface area contributed by atoms with Crippen molar-refractivity contribution in [3.8, 4) is 11.8 Å². The molecule has 1 heterocycles. The summed E-state index contributed by atoms with van der Waals surface area (Å²) in [5.41, 5.74) is 1.93. The number of nitrogens with one attached hydrogen (secondary N) is 1. The van der Waals surface area contributed by atoms with Crippen LogP contribution in [0, 0.1) is 0 Å². The molecule has 1 fully saturated rings. The van der Waals surface area contributed by atoms with Crippen molar-refractivity contribution in [3.63, 3.8) is 0 Å². The van der Waals surface area contributed by atoms with E-state index < -0.39 is 0 Å². The highest BCUT2D eigenvalue weighted by Gasteiger charge is 2.39. The molecule has 0 spiro atoms. The Hall–Kier alpha value is -2.10. The van der Waals surface area contributed by atoms with Crippen LogP contribution >= 0.6 is 0 Å². The summed E-state index contributed by atoms with van der Waals surface area (Å²) in [6.07, 6.45) is 1.06. The third kappa shape index (κ3) is 2.14. The molecule has 0 amide bonds. The van der Waals surface area contributed by atoms with Crippen molar-refractivity contribution in [2.75, 3.05) is 5.32 Å². The molecular weight excluding hydrogens is 240 g/mol. The van der Waals surface area contributed by atoms with Gasteiger partial charge in [0, 0.05) is 24.6 Å². The smallest absolute Gasteiger partial charge is 0.218 e. The predicted molar refractivity (Wildman–Crippen MR) is 74.6 cm³/mol. The Morgan fingerprint density at radius 3 is 2.63 bits per heavy atom. The number of anilines is 1. The molecule has 1 aliphatic rings. The maximum absolute atomic E-state index is 9.98.